The Morgan fingerprint density at radius 3 is 2.57 bits per heavy atom. The van der Waals surface area contributed by atoms with E-state index in [1.807, 2.05) is 20.8 Å². The van der Waals surface area contributed by atoms with Crippen molar-refractivity contribution in [3.8, 4) is 0 Å². The minimum absolute atomic E-state index is 0.128. The Labute approximate surface area is 134 Å². The van der Waals surface area contributed by atoms with Gasteiger partial charge in [-0.2, -0.15) is 8.78 Å². The fourth-order valence-corrected chi connectivity index (χ4v) is 4.71. The molecule has 1 heterocycles. The second-order valence-corrected chi connectivity index (χ2v) is 7.81. The van der Waals surface area contributed by atoms with E-state index in [1.54, 1.807) is 0 Å². The van der Waals surface area contributed by atoms with Crippen molar-refractivity contribution in [2.45, 2.75) is 64.5 Å². The molecule has 0 amide bonds. The molecule has 0 radical (unpaired) electrons. The predicted octanol–water partition coefficient (Wildman–Crippen LogP) is 2.11. The third kappa shape index (κ3) is 2.02. The maximum atomic E-state index is 13.3. The van der Waals surface area contributed by atoms with E-state index in [1.165, 1.54) is 0 Å². The van der Waals surface area contributed by atoms with Crippen molar-refractivity contribution < 1.29 is 32.9 Å². The van der Waals surface area contributed by atoms with Crippen LogP contribution < -0.4 is 0 Å². The van der Waals surface area contributed by atoms with Gasteiger partial charge in [0, 0.05) is 18.3 Å². The normalized spacial score (nSPS) is 44.9. The fourth-order valence-electron chi connectivity index (χ4n) is 4.71. The first kappa shape index (κ1) is 17.0. The minimum atomic E-state index is -3.57. The monoisotopic (exact) mass is 334 g/mol. The van der Waals surface area contributed by atoms with E-state index in [0.29, 0.717) is 6.92 Å². The summed E-state index contributed by atoms with van der Waals surface area (Å²) in [5, 5.41) is 9.36. The van der Waals surface area contributed by atoms with E-state index in [4.69, 9.17) is 14.2 Å². The van der Waals surface area contributed by atoms with Crippen LogP contribution in [0.15, 0.2) is 0 Å². The van der Waals surface area contributed by atoms with Gasteiger partial charge in [0.25, 0.3) is 0 Å². The summed E-state index contributed by atoms with van der Waals surface area (Å²) >= 11 is 0. The van der Waals surface area contributed by atoms with E-state index >= 15 is 0 Å². The molecule has 0 aromatic carbocycles. The molecule has 1 spiro atoms. The molecule has 0 aromatic rings. The first-order valence-corrected chi connectivity index (χ1v) is 8.01. The zero-order chi connectivity index (χ0) is 17.3. The van der Waals surface area contributed by atoms with E-state index in [9.17, 15) is 18.7 Å². The van der Waals surface area contributed by atoms with Crippen LogP contribution in [-0.4, -0.2) is 48.2 Å². The number of aliphatic hydroxyl groups is 1. The van der Waals surface area contributed by atoms with Gasteiger partial charge in [-0.15, -0.1) is 0 Å². The molecule has 3 aliphatic rings. The summed E-state index contributed by atoms with van der Waals surface area (Å²) < 4.78 is 43.7. The van der Waals surface area contributed by atoms with Crippen LogP contribution in [0.25, 0.3) is 0 Å². The summed E-state index contributed by atoms with van der Waals surface area (Å²) in [6, 6.07) is 0. The number of fused-ring (bicyclic) bond motifs is 3. The van der Waals surface area contributed by atoms with Crippen molar-refractivity contribution in [1.29, 1.82) is 0 Å². The van der Waals surface area contributed by atoms with Crippen molar-refractivity contribution in [3.63, 3.8) is 0 Å². The summed E-state index contributed by atoms with van der Waals surface area (Å²) in [6.07, 6.45) is 0.116. The summed E-state index contributed by atoms with van der Waals surface area (Å²) in [5.41, 5.74) is -0.784. The van der Waals surface area contributed by atoms with Crippen LogP contribution in [0.5, 0.6) is 0 Å². The molecule has 5 atom stereocenters. The first-order chi connectivity index (χ1) is 10.5. The van der Waals surface area contributed by atoms with Gasteiger partial charge in [-0.1, -0.05) is 20.8 Å². The average Bonchev–Trinajstić information content (AvgIpc) is 3.00. The average molecular weight is 334 g/mol. The smallest absolute Gasteiger partial charge is 0.377 e. The van der Waals surface area contributed by atoms with Crippen molar-refractivity contribution in [1.82, 2.24) is 0 Å². The number of alkyl halides is 2. The zero-order valence-electron chi connectivity index (χ0n) is 13.9. The number of hydrogen-bond donors (Lipinski definition) is 1. The van der Waals surface area contributed by atoms with Crippen LogP contribution in [0, 0.1) is 16.7 Å². The molecule has 2 bridgehead atoms. The third-order valence-electron chi connectivity index (χ3n) is 6.44. The first-order valence-electron chi connectivity index (χ1n) is 8.01. The molecule has 2 saturated carbocycles. The maximum absolute atomic E-state index is 13.3. The Morgan fingerprint density at radius 1 is 1.39 bits per heavy atom. The van der Waals surface area contributed by atoms with Crippen LogP contribution in [0.2, 0.25) is 0 Å². The topological polar surface area (TPSA) is 65.0 Å². The van der Waals surface area contributed by atoms with E-state index in [-0.39, 0.29) is 24.5 Å². The van der Waals surface area contributed by atoms with E-state index < -0.39 is 35.3 Å². The Hall–Kier alpha value is -0.790. The maximum Gasteiger partial charge on any atom is 0.377 e. The molecule has 2 aliphatic carbocycles. The molecule has 5 unspecified atom stereocenters. The van der Waals surface area contributed by atoms with Crippen molar-refractivity contribution in [2.75, 3.05) is 13.2 Å². The highest BCUT2D eigenvalue weighted by molar-refractivity contribution is 5.77. The Balaban J connectivity index is 1.99. The number of carbonyl (C=O) groups is 1. The molecule has 3 fully saturated rings. The van der Waals surface area contributed by atoms with Crippen LogP contribution in [0.1, 0.15) is 40.5 Å². The number of aliphatic hydroxyl groups excluding tert-OH is 1. The summed E-state index contributed by atoms with van der Waals surface area (Å²) in [5.74, 6) is -6.53. The molecule has 1 aliphatic heterocycles. The SMILES string of the molecule is CC(F)(F)C(=O)OC1C2CCC(C)(C2(C)C)C12OCC(CO)O2. The second-order valence-electron chi connectivity index (χ2n) is 7.81. The van der Waals surface area contributed by atoms with Gasteiger partial charge in [-0.3, -0.25) is 0 Å². The largest absolute Gasteiger partial charge is 0.452 e. The zero-order valence-corrected chi connectivity index (χ0v) is 13.9. The molecule has 7 heteroatoms. The highest BCUT2D eigenvalue weighted by Crippen LogP contribution is 2.72. The minimum Gasteiger partial charge on any atom is -0.452 e. The standard InChI is InChI=1S/C16H24F2O5/c1-13(2)10-5-6-14(13,3)16(21-8-9(7-19)23-16)11(10)22-12(20)15(4,17)18/h9-11,19H,5-8H2,1-4H3. The fraction of sp³-hybridized carbons (Fsp3) is 0.938. The molecule has 1 saturated heterocycles. The lowest BCUT2D eigenvalue weighted by Crippen LogP contribution is -2.57. The molecule has 3 rings (SSSR count). The summed E-state index contributed by atoms with van der Waals surface area (Å²) in [7, 11) is 0. The number of hydrogen-bond acceptors (Lipinski definition) is 5. The Morgan fingerprint density at radius 2 is 2.04 bits per heavy atom. The highest BCUT2D eigenvalue weighted by atomic mass is 19.3. The van der Waals surface area contributed by atoms with E-state index in [0.717, 1.165) is 12.8 Å². The molecule has 132 valence electrons. The van der Waals surface area contributed by atoms with Gasteiger partial charge in [-0.05, 0) is 18.3 Å². The summed E-state index contributed by atoms with van der Waals surface area (Å²) in [6.45, 7) is 6.51. The molecule has 0 aromatic heterocycles. The Kier molecular flexibility index (Phi) is 3.60. The van der Waals surface area contributed by atoms with Crippen molar-refractivity contribution in [3.05, 3.63) is 0 Å². The van der Waals surface area contributed by atoms with Crippen LogP contribution in [0.3, 0.4) is 0 Å². The van der Waals surface area contributed by atoms with Crippen LogP contribution >= 0.6 is 0 Å². The van der Waals surface area contributed by atoms with Crippen LogP contribution in [0.4, 0.5) is 8.78 Å². The number of esters is 1. The predicted molar refractivity (Wildman–Crippen MR) is 75.8 cm³/mol. The molecular weight excluding hydrogens is 310 g/mol. The molecule has 23 heavy (non-hydrogen) atoms. The third-order valence-corrected chi connectivity index (χ3v) is 6.44. The molecule has 5 nitrogen and oxygen atoms in total. The highest BCUT2D eigenvalue weighted by Gasteiger charge is 2.79. The van der Waals surface area contributed by atoms with E-state index in [2.05, 4.69) is 0 Å². The number of ether oxygens (including phenoxy) is 3. The van der Waals surface area contributed by atoms with Gasteiger partial charge in [0.05, 0.1) is 13.2 Å². The van der Waals surface area contributed by atoms with Gasteiger partial charge >= 0.3 is 11.9 Å². The number of carbonyl (C=O) groups excluding carboxylic acids is 1. The lowest BCUT2D eigenvalue weighted by Gasteiger charge is -2.46. The van der Waals surface area contributed by atoms with Crippen LogP contribution in [-0.2, 0) is 19.0 Å². The van der Waals surface area contributed by atoms with Gasteiger partial charge in [0.1, 0.15) is 6.10 Å². The van der Waals surface area contributed by atoms with Crippen molar-refractivity contribution in [2.24, 2.45) is 16.7 Å². The lowest BCUT2D eigenvalue weighted by molar-refractivity contribution is -0.292. The lowest BCUT2D eigenvalue weighted by atomic mass is 9.68. The molecular formula is C16H24F2O5. The van der Waals surface area contributed by atoms with Gasteiger partial charge in [0.15, 0.2) is 6.10 Å². The molecule has 1 N–H and O–H groups in total. The Bertz CT molecular complexity index is 517. The number of rotatable bonds is 3. The quantitative estimate of drug-likeness (QED) is 0.801. The van der Waals surface area contributed by atoms with Crippen molar-refractivity contribution >= 4 is 5.97 Å². The number of halogens is 2. The van der Waals surface area contributed by atoms with Gasteiger partial charge < -0.3 is 19.3 Å². The summed E-state index contributed by atoms with van der Waals surface area (Å²) in [4.78, 5) is 11.8. The second kappa shape index (κ2) is 4.86. The van der Waals surface area contributed by atoms with Gasteiger partial charge in [0.2, 0.25) is 5.79 Å². The van der Waals surface area contributed by atoms with Gasteiger partial charge in [-0.25, -0.2) is 4.79 Å².